The van der Waals surface area contributed by atoms with Crippen LogP contribution in [0.4, 0.5) is 0 Å². The molecule has 48 heavy (non-hydrogen) atoms. The van der Waals surface area contributed by atoms with E-state index in [1.165, 1.54) is 14.0 Å². The maximum atomic E-state index is 13.4. The molecule has 3 rings (SSSR count). The van der Waals surface area contributed by atoms with Gasteiger partial charge in [-0.25, -0.2) is 4.79 Å². The van der Waals surface area contributed by atoms with E-state index in [1.807, 2.05) is 50.2 Å². The highest BCUT2D eigenvalue weighted by Gasteiger charge is 2.30. The maximum absolute atomic E-state index is 13.4. The first-order chi connectivity index (χ1) is 23.0. The van der Waals surface area contributed by atoms with Crippen LogP contribution in [0.2, 0.25) is 0 Å². The molecule has 4 atom stereocenters. The van der Waals surface area contributed by atoms with Gasteiger partial charge in [-0.2, -0.15) is 0 Å². The average molecular weight is 657 g/mol. The van der Waals surface area contributed by atoms with Crippen molar-refractivity contribution in [2.45, 2.75) is 70.6 Å². The van der Waals surface area contributed by atoms with Crippen molar-refractivity contribution in [3.05, 3.63) is 108 Å². The summed E-state index contributed by atoms with van der Waals surface area (Å²) in [4.78, 5) is 77.9. The lowest BCUT2D eigenvalue weighted by Crippen LogP contribution is -2.55. The van der Waals surface area contributed by atoms with E-state index < -0.39 is 59.5 Å². The highest BCUT2D eigenvalue weighted by molar-refractivity contribution is 6.36. The van der Waals surface area contributed by atoms with Crippen molar-refractivity contribution >= 4 is 35.4 Å². The summed E-state index contributed by atoms with van der Waals surface area (Å²) in [5.41, 5.74) is 1.97. The van der Waals surface area contributed by atoms with Gasteiger partial charge >= 0.3 is 5.97 Å². The van der Waals surface area contributed by atoms with Crippen molar-refractivity contribution in [2.24, 2.45) is 5.92 Å². The Morgan fingerprint density at radius 1 is 0.625 bits per heavy atom. The van der Waals surface area contributed by atoms with Crippen LogP contribution >= 0.6 is 0 Å². The van der Waals surface area contributed by atoms with Gasteiger partial charge < -0.3 is 26.0 Å². The Bertz CT molecular complexity index is 1530. The first-order valence-electron chi connectivity index (χ1n) is 15.9. The molecule has 0 spiro atoms. The molecule has 0 aliphatic carbocycles. The van der Waals surface area contributed by atoms with Gasteiger partial charge in [0.1, 0.15) is 18.1 Å². The predicted molar refractivity (Wildman–Crippen MR) is 181 cm³/mol. The summed E-state index contributed by atoms with van der Waals surface area (Å²) in [6.45, 7) is 5.31. The number of ketones is 1. The fraction of sp³-hybridized carbons (Fsp3) is 0.351. The molecular formula is C37H44N4O7. The second-order valence-corrected chi connectivity index (χ2v) is 12.0. The van der Waals surface area contributed by atoms with Crippen molar-refractivity contribution in [2.75, 3.05) is 7.11 Å². The number of methoxy groups -OCH3 is 1. The zero-order valence-corrected chi connectivity index (χ0v) is 27.7. The summed E-state index contributed by atoms with van der Waals surface area (Å²) in [5, 5.41) is 10.7. The molecular weight excluding hydrogens is 612 g/mol. The van der Waals surface area contributed by atoms with E-state index in [2.05, 4.69) is 21.3 Å². The third kappa shape index (κ3) is 12.1. The first kappa shape index (κ1) is 37.1. The van der Waals surface area contributed by atoms with Crippen molar-refractivity contribution < 1.29 is 33.5 Å². The van der Waals surface area contributed by atoms with Gasteiger partial charge in [0.25, 0.3) is 11.8 Å². The van der Waals surface area contributed by atoms with Crippen molar-refractivity contribution in [3.63, 3.8) is 0 Å². The average Bonchev–Trinajstić information content (AvgIpc) is 3.08. The molecule has 4 N–H and O–H groups in total. The summed E-state index contributed by atoms with van der Waals surface area (Å²) in [6, 6.07) is 22.9. The minimum atomic E-state index is -1.08. The molecule has 3 aromatic carbocycles. The smallest absolute Gasteiger partial charge is 0.328 e. The fourth-order valence-electron chi connectivity index (χ4n) is 5.10. The monoisotopic (exact) mass is 656 g/mol. The molecule has 0 aliphatic heterocycles. The van der Waals surface area contributed by atoms with E-state index in [1.54, 1.807) is 54.6 Å². The van der Waals surface area contributed by atoms with Crippen molar-refractivity contribution in [3.8, 4) is 0 Å². The van der Waals surface area contributed by atoms with Crippen LogP contribution in [0, 0.1) is 5.92 Å². The van der Waals surface area contributed by atoms with Gasteiger partial charge in [-0.05, 0) is 42.5 Å². The molecule has 254 valence electrons. The number of ether oxygens (including phenoxy) is 1. The zero-order valence-electron chi connectivity index (χ0n) is 27.7. The van der Waals surface area contributed by atoms with Crippen LogP contribution in [0.15, 0.2) is 91.0 Å². The second kappa shape index (κ2) is 18.7. The van der Waals surface area contributed by atoms with E-state index in [0.717, 1.165) is 11.1 Å². The Hall–Kier alpha value is -5.32. The van der Waals surface area contributed by atoms with Crippen LogP contribution in [0.1, 0.15) is 55.1 Å². The summed E-state index contributed by atoms with van der Waals surface area (Å²) in [7, 11) is 1.20. The Labute approximate surface area is 281 Å². The third-order valence-electron chi connectivity index (χ3n) is 7.55. The summed E-state index contributed by atoms with van der Waals surface area (Å²) >= 11 is 0. The lowest BCUT2D eigenvalue weighted by atomic mass is 9.98. The lowest BCUT2D eigenvalue weighted by molar-refractivity contribution is -0.146. The van der Waals surface area contributed by atoms with Crippen LogP contribution in [-0.4, -0.2) is 66.7 Å². The molecule has 0 aromatic heterocycles. The lowest BCUT2D eigenvalue weighted by Gasteiger charge is -2.25. The van der Waals surface area contributed by atoms with Crippen LogP contribution in [-0.2, 0) is 41.6 Å². The van der Waals surface area contributed by atoms with Crippen molar-refractivity contribution in [1.82, 2.24) is 21.3 Å². The van der Waals surface area contributed by atoms with Gasteiger partial charge in [0.05, 0.1) is 7.11 Å². The number of hydrogen-bond donors (Lipinski definition) is 4. The Balaban J connectivity index is 1.65. The highest BCUT2D eigenvalue weighted by Crippen LogP contribution is 2.11. The molecule has 11 heteroatoms. The molecule has 4 amide bonds. The Morgan fingerprint density at radius 2 is 1.15 bits per heavy atom. The quantitative estimate of drug-likeness (QED) is 0.128. The van der Waals surface area contributed by atoms with Crippen molar-refractivity contribution in [1.29, 1.82) is 0 Å². The largest absolute Gasteiger partial charge is 0.467 e. The Morgan fingerprint density at radius 3 is 1.67 bits per heavy atom. The number of benzene rings is 3. The molecule has 11 nitrogen and oxygen atoms in total. The molecule has 0 radical (unpaired) electrons. The molecule has 0 heterocycles. The number of amides is 4. The number of carbonyl (C=O) groups is 6. The number of rotatable bonds is 17. The molecule has 0 bridgehead atoms. The zero-order chi connectivity index (χ0) is 35.1. The number of Topliss-reactive ketones (excluding diaryl/α,β-unsaturated/α-hetero) is 1. The minimum Gasteiger partial charge on any atom is -0.467 e. The number of nitrogens with one attached hydrogen (secondary N) is 4. The van der Waals surface area contributed by atoms with Crippen LogP contribution < -0.4 is 21.3 Å². The van der Waals surface area contributed by atoms with Gasteiger partial charge in [-0.1, -0.05) is 92.7 Å². The van der Waals surface area contributed by atoms with Crippen LogP contribution in [0.3, 0.4) is 0 Å². The predicted octanol–water partition coefficient (Wildman–Crippen LogP) is 2.92. The number of hydrogen-bond acceptors (Lipinski definition) is 7. The van der Waals surface area contributed by atoms with Crippen LogP contribution in [0.25, 0.3) is 0 Å². The number of esters is 1. The standard InChI is InChI=1S/C37H44N4O7/c1-24(2)20-29(23-32(42)36(46)41-31(37(47)48-4)22-27-16-10-6-11-17-27)39-33(43)25(3)38-35(45)30(21-26-14-8-5-9-15-26)40-34(44)28-18-12-7-13-19-28/h5-19,24-25,29-31H,20-23H2,1-4H3,(H,38,45)(H,39,43)(H,40,44)(H,41,46)/t25-,29?,30-,31-/m0/s1. The maximum Gasteiger partial charge on any atom is 0.328 e. The van der Waals surface area contributed by atoms with Gasteiger partial charge in [0, 0.05) is 30.9 Å². The highest BCUT2D eigenvalue weighted by atomic mass is 16.5. The normalized spacial score (nSPS) is 13.3. The third-order valence-corrected chi connectivity index (χ3v) is 7.55. The molecule has 0 saturated carbocycles. The molecule has 3 aromatic rings. The van der Waals surface area contributed by atoms with E-state index in [0.29, 0.717) is 12.0 Å². The summed E-state index contributed by atoms with van der Waals surface area (Å²) in [5.74, 6) is -3.98. The second-order valence-electron chi connectivity index (χ2n) is 12.0. The summed E-state index contributed by atoms with van der Waals surface area (Å²) < 4.78 is 4.82. The van der Waals surface area contributed by atoms with Gasteiger partial charge in [0.2, 0.25) is 17.6 Å². The Kier molecular flexibility index (Phi) is 14.5. The van der Waals surface area contributed by atoms with E-state index in [4.69, 9.17) is 4.74 Å². The van der Waals surface area contributed by atoms with Gasteiger partial charge in [0.15, 0.2) is 0 Å². The first-order valence-corrected chi connectivity index (χ1v) is 15.9. The molecule has 0 aliphatic rings. The minimum absolute atomic E-state index is 0.0559. The van der Waals surface area contributed by atoms with Gasteiger partial charge in [-0.15, -0.1) is 0 Å². The van der Waals surface area contributed by atoms with E-state index >= 15 is 0 Å². The molecule has 1 unspecified atom stereocenters. The molecule has 0 saturated heterocycles. The fourth-order valence-corrected chi connectivity index (χ4v) is 5.10. The van der Waals surface area contributed by atoms with E-state index in [9.17, 15) is 28.8 Å². The van der Waals surface area contributed by atoms with E-state index in [-0.39, 0.29) is 25.2 Å². The summed E-state index contributed by atoms with van der Waals surface area (Å²) in [6.07, 6.45) is 0.377. The molecule has 0 fully saturated rings. The number of carbonyl (C=O) groups excluding carboxylic acids is 6. The van der Waals surface area contributed by atoms with Crippen LogP contribution in [0.5, 0.6) is 0 Å². The topological polar surface area (TPSA) is 160 Å². The SMILES string of the molecule is COC(=O)[C@H](Cc1ccccc1)NC(=O)C(=O)CC(CC(C)C)NC(=O)[C@H](C)NC(=O)[C@H](Cc1ccccc1)NC(=O)c1ccccc1. The van der Waals surface area contributed by atoms with Gasteiger partial charge in [-0.3, -0.25) is 24.0 Å².